The lowest BCUT2D eigenvalue weighted by atomic mass is 9.93. The second-order valence-corrected chi connectivity index (χ2v) is 4.45. The summed E-state index contributed by atoms with van der Waals surface area (Å²) in [5.41, 5.74) is 5.97. The maximum absolute atomic E-state index is 11.9. The van der Waals surface area contributed by atoms with Crippen molar-refractivity contribution < 1.29 is 9.90 Å². The molecule has 0 unspecified atom stereocenters. The molecule has 4 N–H and O–H groups in total. The largest absolute Gasteiger partial charge is 0.393 e. The van der Waals surface area contributed by atoms with Gasteiger partial charge in [0.2, 0.25) is 0 Å². The average Bonchev–Trinajstić information content (AvgIpc) is 2.33. The molecule has 1 fully saturated rings. The number of hydrogen-bond donors (Lipinski definition) is 3. The molecule has 0 radical (unpaired) electrons. The van der Waals surface area contributed by atoms with E-state index in [0.717, 1.165) is 25.7 Å². The van der Waals surface area contributed by atoms with E-state index in [1.54, 1.807) is 12.1 Å². The van der Waals surface area contributed by atoms with Gasteiger partial charge in [-0.1, -0.05) is 0 Å². The monoisotopic (exact) mass is 235 g/mol. The van der Waals surface area contributed by atoms with Crippen LogP contribution in [0.3, 0.4) is 0 Å². The van der Waals surface area contributed by atoms with Crippen LogP contribution in [0.4, 0.5) is 5.82 Å². The number of nitrogens with zero attached hydrogens (tertiary/aromatic N) is 1. The molecule has 92 valence electrons. The molecule has 1 aromatic rings. The van der Waals surface area contributed by atoms with Crippen LogP contribution in [-0.4, -0.2) is 28.1 Å². The second-order valence-electron chi connectivity index (χ2n) is 4.45. The summed E-state index contributed by atoms with van der Waals surface area (Å²) >= 11 is 0. The van der Waals surface area contributed by atoms with E-state index in [2.05, 4.69) is 10.3 Å². The van der Waals surface area contributed by atoms with Crippen LogP contribution in [0, 0.1) is 0 Å². The Morgan fingerprint density at radius 1 is 1.35 bits per heavy atom. The molecule has 1 aliphatic carbocycles. The first-order valence-corrected chi connectivity index (χ1v) is 5.85. The zero-order chi connectivity index (χ0) is 12.3. The van der Waals surface area contributed by atoms with E-state index in [9.17, 15) is 9.90 Å². The highest BCUT2D eigenvalue weighted by Gasteiger charge is 2.21. The van der Waals surface area contributed by atoms with E-state index in [1.807, 2.05) is 0 Å². The van der Waals surface area contributed by atoms with Crippen molar-refractivity contribution in [2.24, 2.45) is 0 Å². The number of nitrogens with two attached hydrogens (primary N) is 1. The summed E-state index contributed by atoms with van der Waals surface area (Å²) in [5.74, 6) is 0.279. The molecule has 5 nitrogen and oxygen atoms in total. The van der Waals surface area contributed by atoms with Crippen molar-refractivity contribution in [3.8, 4) is 0 Å². The summed E-state index contributed by atoms with van der Waals surface area (Å²) in [6.07, 6.45) is 4.43. The number of rotatable bonds is 2. The molecule has 2 rings (SSSR count). The molecular weight excluding hydrogens is 218 g/mol. The third-order valence-electron chi connectivity index (χ3n) is 3.08. The van der Waals surface area contributed by atoms with Crippen molar-refractivity contribution in [3.05, 3.63) is 23.9 Å². The molecule has 0 spiro atoms. The number of nitrogen functional groups attached to an aromatic ring is 1. The topological polar surface area (TPSA) is 88.2 Å². The van der Waals surface area contributed by atoms with E-state index in [-0.39, 0.29) is 18.1 Å². The molecule has 0 aromatic carbocycles. The maximum atomic E-state index is 11.9. The summed E-state index contributed by atoms with van der Waals surface area (Å²) < 4.78 is 0. The Morgan fingerprint density at radius 3 is 2.65 bits per heavy atom. The smallest absolute Gasteiger partial charge is 0.253 e. The molecule has 1 aliphatic rings. The van der Waals surface area contributed by atoms with Crippen LogP contribution in [0.5, 0.6) is 0 Å². The van der Waals surface area contributed by atoms with Gasteiger partial charge in [0.05, 0.1) is 11.7 Å². The third kappa shape index (κ3) is 3.17. The number of pyridine rings is 1. The van der Waals surface area contributed by atoms with Crippen LogP contribution >= 0.6 is 0 Å². The number of anilines is 1. The first kappa shape index (κ1) is 11.9. The van der Waals surface area contributed by atoms with Gasteiger partial charge in [-0.15, -0.1) is 0 Å². The number of carbonyl (C=O) groups is 1. The van der Waals surface area contributed by atoms with Crippen molar-refractivity contribution in [1.82, 2.24) is 10.3 Å². The van der Waals surface area contributed by atoms with Crippen molar-refractivity contribution in [2.75, 3.05) is 5.73 Å². The first-order chi connectivity index (χ1) is 8.15. The highest BCUT2D eigenvalue weighted by molar-refractivity contribution is 5.94. The van der Waals surface area contributed by atoms with E-state index in [1.165, 1.54) is 6.20 Å². The Morgan fingerprint density at radius 2 is 2.06 bits per heavy atom. The van der Waals surface area contributed by atoms with Gasteiger partial charge in [-0.25, -0.2) is 4.98 Å². The number of aliphatic hydroxyl groups is 1. The summed E-state index contributed by atoms with van der Waals surface area (Å²) in [5, 5.41) is 12.3. The Balaban J connectivity index is 1.91. The normalized spacial score (nSPS) is 24.3. The second kappa shape index (κ2) is 5.14. The Labute approximate surface area is 100 Å². The molecule has 0 bridgehead atoms. The van der Waals surface area contributed by atoms with Gasteiger partial charge in [0.1, 0.15) is 5.82 Å². The van der Waals surface area contributed by atoms with Crippen LogP contribution in [0.1, 0.15) is 36.0 Å². The highest BCUT2D eigenvalue weighted by Crippen LogP contribution is 2.18. The maximum Gasteiger partial charge on any atom is 0.253 e. The summed E-state index contributed by atoms with van der Waals surface area (Å²) in [6.45, 7) is 0. The van der Waals surface area contributed by atoms with Gasteiger partial charge in [0, 0.05) is 12.2 Å². The summed E-state index contributed by atoms with van der Waals surface area (Å²) in [4.78, 5) is 15.7. The number of aromatic nitrogens is 1. The Kier molecular flexibility index (Phi) is 3.58. The SMILES string of the molecule is Nc1ccc(C(=O)NC2CCC(O)CC2)cn1. The lowest BCUT2D eigenvalue weighted by molar-refractivity contribution is 0.0867. The zero-order valence-electron chi connectivity index (χ0n) is 9.60. The molecule has 0 atom stereocenters. The van der Waals surface area contributed by atoms with Gasteiger partial charge < -0.3 is 16.2 Å². The fourth-order valence-corrected chi connectivity index (χ4v) is 2.03. The fraction of sp³-hybridized carbons (Fsp3) is 0.500. The van der Waals surface area contributed by atoms with Gasteiger partial charge in [-0.05, 0) is 37.8 Å². The van der Waals surface area contributed by atoms with Gasteiger partial charge >= 0.3 is 0 Å². The standard InChI is InChI=1S/C12H17N3O2/c13-11-6-1-8(7-14-11)12(17)15-9-2-4-10(16)5-3-9/h1,6-7,9-10,16H,2-5H2,(H2,13,14)(H,15,17). The molecular formula is C12H17N3O2. The van der Waals surface area contributed by atoms with Crippen molar-refractivity contribution >= 4 is 11.7 Å². The Bertz CT molecular complexity index is 383. The van der Waals surface area contributed by atoms with Crippen LogP contribution in [0.15, 0.2) is 18.3 Å². The lowest BCUT2D eigenvalue weighted by Crippen LogP contribution is -2.38. The third-order valence-corrected chi connectivity index (χ3v) is 3.08. The Hall–Kier alpha value is -1.62. The number of amides is 1. The molecule has 5 heteroatoms. The van der Waals surface area contributed by atoms with E-state index in [4.69, 9.17) is 5.73 Å². The number of hydrogen-bond acceptors (Lipinski definition) is 4. The van der Waals surface area contributed by atoms with Crippen molar-refractivity contribution in [2.45, 2.75) is 37.8 Å². The van der Waals surface area contributed by atoms with Crippen LogP contribution < -0.4 is 11.1 Å². The van der Waals surface area contributed by atoms with Gasteiger partial charge in [0.15, 0.2) is 0 Å². The predicted molar refractivity (Wildman–Crippen MR) is 64.4 cm³/mol. The minimum Gasteiger partial charge on any atom is -0.393 e. The first-order valence-electron chi connectivity index (χ1n) is 5.85. The minimum atomic E-state index is -0.207. The molecule has 1 saturated carbocycles. The van der Waals surface area contributed by atoms with Gasteiger partial charge in [-0.3, -0.25) is 4.79 Å². The van der Waals surface area contributed by atoms with Gasteiger partial charge in [-0.2, -0.15) is 0 Å². The fourth-order valence-electron chi connectivity index (χ4n) is 2.03. The molecule has 1 amide bonds. The number of aliphatic hydroxyl groups excluding tert-OH is 1. The van der Waals surface area contributed by atoms with Gasteiger partial charge in [0.25, 0.3) is 5.91 Å². The quantitative estimate of drug-likeness (QED) is 0.704. The van der Waals surface area contributed by atoms with E-state index in [0.29, 0.717) is 11.4 Å². The molecule has 0 aliphatic heterocycles. The lowest BCUT2D eigenvalue weighted by Gasteiger charge is -2.26. The predicted octanol–water partition coefficient (Wildman–Crippen LogP) is 0.697. The van der Waals surface area contributed by atoms with Crippen LogP contribution in [-0.2, 0) is 0 Å². The molecule has 0 saturated heterocycles. The molecule has 1 heterocycles. The highest BCUT2D eigenvalue weighted by atomic mass is 16.3. The average molecular weight is 235 g/mol. The molecule has 17 heavy (non-hydrogen) atoms. The minimum absolute atomic E-state index is 0.126. The summed E-state index contributed by atoms with van der Waals surface area (Å²) in [6, 6.07) is 3.43. The van der Waals surface area contributed by atoms with E-state index < -0.39 is 0 Å². The van der Waals surface area contributed by atoms with Crippen LogP contribution in [0.25, 0.3) is 0 Å². The number of nitrogens with one attached hydrogen (secondary N) is 1. The van der Waals surface area contributed by atoms with Crippen molar-refractivity contribution in [3.63, 3.8) is 0 Å². The van der Waals surface area contributed by atoms with E-state index >= 15 is 0 Å². The summed E-state index contributed by atoms with van der Waals surface area (Å²) in [7, 11) is 0. The number of carbonyl (C=O) groups excluding carboxylic acids is 1. The zero-order valence-corrected chi connectivity index (χ0v) is 9.60. The van der Waals surface area contributed by atoms with Crippen molar-refractivity contribution in [1.29, 1.82) is 0 Å². The molecule has 1 aromatic heterocycles. The van der Waals surface area contributed by atoms with Crippen LogP contribution in [0.2, 0.25) is 0 Å².